The van der Waals surface area contributed by atoms with Crippen molar-refractivity contribution in [2.24, 2.45) is 0 Å². The minimum absolute atomic E-state index is 0.596. The van der Waals surface area contributed by atoms with Gasteiger partial charge in [0.05, 0.1) is 22.1 Å². The quantitative estimate of drug-likeness (QED) is 0.168. The van der Waals surface area contributed by atoms with Gasteiger partial charge in [-0.2, -0.15) is 0 Å². The third-order valence-electron chi connectivity index (χ3n) is 12.3. The van der Waals surface area contributed by atoms with Crippen molar-refractivity contribution in [3.05, 3.63) is 212 Å². The van der Waals surface area contributed by atoms with Gasteiger partial charge in [0.25, 0.3) is 0 Å². The van der Waals surface area contributed by atoms with Crippen molar-refractivity contribution in [3.8, 4) is 56.7 Å². The first-order valence-electron chi connectivity index (χ1n) is 21.2. The fraction of sp³-hybridized carbons (Fsp3) is 0. The molecule has 0 aliphatic rings. The highest BCUT2D eigenvalue weighted by Crippen LogP contribution is 2.45. The Bertz CT molecular complexity index is 3850. The molecule has 9 aromatic carbocycles. The van der Waals surface area contributed by atoms with E-state index < -0.39 is 0 Å². The van der Waals surface area contributed by atoms with Crippen LogP contribution < -0.4 is 0 Å². The van der Waals surface area contributed by atoms with Gasteiger partial charge in [0.2, 0.25) is 0 Å². The minimum Gasteiger partial charge on any atom is -0.454 e. The van der Waals surface area contributed by atoms with Crippen LogP contribution in [0.3, 0.4) is 0 Å². The molecule has 0 aliphatic carbocycles. The lowest BCUT2D eigenvalue weighted by atomic mass is 10.0. The summed E-state index contributed by atoms with van der Waals surface area (Å²) in [6.07, 6.45) is 0. The highest BCUT2D eigenvalue weighted by atomic mass is 16.3. The van der Waals surface area contributed by atoms with E-state index in [1.165, 1.54) is 16.3 Å². The molecule has 6 heteroatoms. The predicted octanol–water partition coefficient (Wildman–Crippen LogP) is 14.6. The molecule has 0 aliphatic heterocycles. The first kappa shape index (κ1) is 35.2. The summed E-state index contributed by atoms with van der Waals surface area (Å²) in [5.74, 6) is 1.83. The maximum Gasteiger partial charge on any atom is 0.164 e. The fourth-order valence-corrected chi connectivity index (χ4v) is 9.53. The molecule has 0 N–H and O–H groups in total. The molecule has 0 atom stereocenters. The van der Waals surface area contributed by atoms with Gasteiger partial charge in [-0.15, -0.1) is 0 Å². The average molecular weight is 806 g/mol. The number of aromatic nitrogens is 5. The molecule has 13 aromatic rings. The maximum atomic E-state index is 6.90. The number of nitrogens with zero attached hydrogens (tertiary/aromatic N) is 5. The van der Waals surface area contributed by atoms with Gasteiger partial charge in [0.1, 0.15) is 5.58 Å². The van der Waals surface area contributed by atoms with E-state index in [4.69, 9.17) is 19.4 Å². The Morgan fingerprint density at radius 1 is 0.333 bits per heavy atom. The fourth-order valence-electron chi connectivity index (χ4n) is 9.53. The van der Waals surface area contributed by atoms with Crippen LogP contribution in [0.15, 0.2) is 217 Å². The number of furan rings is 1. The molecule has 0 radical (unpaired) electrons. The van der Waals surface area contributed by atoms with Gasteiger partial charge in [0.15, 0.2) is 23.1 Å². The Morgan fingerprint density at radius 2 is 0.873 bits per heavy atom. The number of para-hydroxylation sites is 4. The lowest BCUT2D eigenvalue weighted by Gasteiger charge is -2.13. The number of rotatable bonds is 6. The van der Waals surface area contributed by atoms with Gasteiger partial charge in [-0.05, 0) is 65.7 Å². The summed E-state index contributed by atoms with van der Waals surface area (Å²) in [5, 5.41) is 6.57. The van der Waals surface area contributed by atoms with Crippen molar-refractivity contribution in [1.82, 2.24) is 24.1 Å². The van der Waals surface area contributed by atoms with Crippen LogP contribution in [0.1, 0.15) is 0 Å². The summed E-state index contributed by atoms with van der Waals surface area (Å²) in [6.45, 7) is 0. The van der Waals surface area contributed by atoms with Crippen LogP contribution >= 0.6 is 0 Å². The molecule has 4 heterocycles. The summed E-state index contributed by atoms with van der Waals surface area (Å²) < 4.78 is 11.6. The highest BCUT2D eigenvalue weighted by Gasteiger charge is 2.25. The lowest BCUT2D eigenvalue weighted by molar-refractivity contribution is 0.671. The number of hydrogen-bond acceptors (Lipinski definition) is 4. The van der Waals surface area contributed by atoms with E-state index in [0.29, 0.717) is 17.5 Å². The van der Waals surface area contributed by atoms with Crippen LogP contribution in [-0.2, 0) is 0 Å². The van der Waals surface area contributed by atoms with Crippen LogP contribution in [0.4, 0.5) is 0 Å². The Balaban J connectivity index is 1.09. The zero-order valence-corrected chi connectivity index (χ0v) is 33.9. The Hall–Kier alpha value is -8.61. The Morgan fingerprint density at radius 3 is 1.60 bits per heavy atom. The standard InChI is InChI=1S/C57H35N5O/c1-4-17-36(18-5-1)55-58-56(37-19-6-2-7-20-37)60-57(59-55)47-35-46-44-26-12-15-30-51(44)63-54(46)53-52(47)45-27-11-14-29-49(45)62(53)41-24-16-21-38(33-41)39-31-32-43-42-25-10-13-28-48(42)61(50(43)34-39)40-22-8-3-9-23-40/h1-35H. The van der Waals surface area contributed by atoms with Gasteiger partial charge in [-0.25, -0.2) is 15.0 Å². The normalized spacial score (nSPS) is 11.8. The van der Waals surface area contributed by atoms with Crippen molar-refractivity contribution in [2.75, 3.05) is 0 Å². The minimum atomic E-state index is 0.596. The monoisotopic (exact) mass is 805 g/mol. The summed E-state index contributed by atoms with van der Waals surface area (Å²) in [5.41, 5.74) is 13.1. The summed E-state index contributed by atoms with van der Waals surface area (Å²) in [4.78, 5) is 15.6. The maximum absolute atomic E-state index is 6.90. The van der Waals surface area contributed by atoms with Crippen molar-refractivity contribution >= 4 is 65.6 Å². The van der Waals surface area contributed by atoms with Crippen molar-refractivity contribution in [2.45, 2.75) is 0 Å². The summed E-state index contributed by atoms with van der Waals surface area (Å²) >= 11 is 0. The highest BCUT2D eigenvalue weighted by molar-refractivity contribution is 6.26. The van der Waals surface area contributed by atoms with Gasteiger partial charge < -0.3 is 13.6 Å². The third-order valence-corrected chi connectivity index (χ3v) is 12.3. The molecule has 294 valence electrons. The Kier molecular flexibility index (Phi) is 7.80. The van der Waals surface area contributed by atoms with Gasteiger partial charge in [-0.3, -0.25) is 0 Å². The molecule has 0 saturated heterocycles. The molecule has 4 aromatic heterocycles. The zero-order valence-electron chi connectivity index (χ0n) is 33.9. The number of hydrogen-bond donors (Lipinski definition) is 0. The average Bonchev–Trinajstić information content (AvgIpc) is 4.02. The predicted molar refractivity (Wildman–Crippen MR) is 258 cm³/mol. The molecule has 6 nitrogen and oxygen atoms in total. The smallest absolute Gasteiger partial charge is 0.164 e. The molecular formula is C57H35N5O. The first-order chi connectivity index (χ1) is 31.2. The van der Waals surface area contributed by atoms with Crippen molar-refractivity contribution < 1.29 is 4.42 Å². The van der Waals surface area contributed by atoms with Crippen LogP contribution in [0.25, 0.3) is 122 Å². The topological polar surface area (TPSA) is 61.7 Å². The number of benzene rings is 9. The van der Waals surface area contributed by atoms with Crippen LogP contribution in [0, 0.1) is 0 Å². The molecule has 0 amide bonds. The third kappa shape index (κ3) is 5.55. The van der Waals surface area contributed by atoms with E-state index in [-0.39, 0.29) is 0 Å². The molecule has 0 bridgehead atoms. The van der Waals surface area contributed by atoms with E-state index in [2.05, 4.69) is 149 Å². The second-order valence-electron chi connectivity index (χ2n) is 16.0. The molecule has 13 rings (SSSR count). The second-order valence-corrected chi connectivity index (χ2v) is 16.0. The largest absolute Gasteiger partial charge is 0.454 e. The SMILES string of the molecule is c1ccc(-c2nc(-c3ccccc3)nc(-c3cc4c5ccccc5oc4c4c3c3ccccc3n4-c3cccc(-c4ccc5c6ccccc6n(-c6ccccc6)c5c4)c3)n2)cc1. The summed E-state index contributed by atoms with van der Waals surface area (Å²) in [6, 6.07) is 74.4. The molecule has 0 spiro atoms. The first-order valence-corrected chi connectivity index (χ1v) is 21.2. The van der Waals surface area contributed by atoms with Gasteiger partial charge >= 0.3 is 0 Å². The van der Waals surface area contributed by atoms with E-state index >= 15 is 0 Å². The lowest BCUT2D eigenvalue weighted by Crippen LogP contribution is -2.01. The van der Waals surface area contributed by atoms with Crippen molar-refractivity contribution in [3.63, 3.8) is 0 Å². The molecule has 0 saturated carbocycles. The second kappa shape index (κ2) is 14.0. The van der Waals surface area contributed by atoms with Crippen LogP contribution in [-0.4, -0.2) is 24.1 Å². The molecular weight excluding hydrogens is 771 g/mol. The van der Waals surface area contributed by atoms with E-state index in [0.717, 1.165) is 88.5 Å². The van der Waals surface area contributed by atoms with E-state index in [9.17, 15) is 0 Å². The number of fused-ring (bicyclic) bond motifs is 10. The van der Waals surface area contributed by atoms with Crippen molar-refractivity contribution in [1.29, 1.82) is 0 Å². The summed E-state index contributed by atoms with van der Waals surface area (Å²) in [7, 11) is 0. The van der Waals surface area contributed by atoms with Gasteiger partial charge in [0, 0.05) is 60.4 Å². The molecule has 0 fully saturated rings. The molecule has 63 heavy (non-hydrogen) atoms. The zero-order chi connectivity index (χ0) is 41.4. The van der Waals surface area contributed by atoms with Crippen LogP contribution in [0.5, 0.6) is 0 Å². The van der Waals surface area contributed by atoms with E-state index in [1.54, 1.807) is 0 Å². The van der Waals surface area contributed by atoms with Gasteiger partial charge in [-0.1, -0.05) is 158 Å². The Labute approximate surface area is 361 Å². The molecule has 0 unspecified atom stereocenters. The van der Waals surface area contributed by atoms with E-state index in [1.807, 2.05) is 72.8 Å². The van der Waals surface area contributed by atoms with Crippen LogP contribution in [0.2, 0.25) is 0 Å².